The van der Waals surface area contributed by atoms with Crippen LogP contribution < -0.4 is 10.6 Å². The van der Waals surface area contributed by atoms with E-state index < -0.39 is 18.1 Å². The molecule has 0 aromatic carbocycles. The number of unbranched alkanes of at least 4 members (excludes halogenated alkanes) is 4. The fraction of sp³-hybridized carbons (Fsp3) is 0.688. The van der Waals surface area contributed by atoms with Gasteiger partial charge in [0.15, 0.2) is 0 Å². The Bertz CT molecular complexity index is 409. The van der Waals surface area contributed by atoms with Crippen LogP contribution in [0.2, 0.25) is 0 Å². The minimum absolute atomic E-state index is 0.128. The van der Waals surface area contributed by atoms with Gasteiger partial charge in [-0.1, -0.05) is 25.3 Å². The van der Waals surface area contributed by atoms with Gasteiger partial charge in [0.2, 0.25) is 11.8 Å². The number of rotatable bonds is 10. The largest absolute Gasteiger partial charge is 0.467 e. The van der Waals surface area contributed by atoms with Gasteiger partial charge < -0.3 is 15.4 Å². The average molecular weight is 310 g/mol. The molecule has 0 aromatic rings. The number of hydrogen-bond donors (Lipinski definition) is 2. The molecule has 0 radical (unpaired) electrons. The highest BCUT2D eigenvalue weighted by atomic mass is 16.5. The fourth-order valence-corrected chi connectivity index (χ4v) is 2.46. The number of ether oxygens (including phenoxy) is 1. The van der Waals surface area contributed by atoms with Gasteiger partial charge >= 0.3 is 5.97 Å². The molecule has 1 fully saturated rings. The molecule has 0 saturated carbocycles. The summed E-state index contributed by atoms with van der Waals surface area (Å²) in [5.74, 6) is -0.881. The Hall–Kier alpha value is -1.85. The van der Waals surface area contributed by atoms with Gasteiger partial charge in [0.25, 0.3) is 0 Å². The molecule has 6 heteroatoms. The van der Waals surface area contributed by atoms with Crippen LogP contribution in [0.5, 0.6) is 0 Å². The van der Waals surface area contributed by atoms with E-state index >= 15 is 0 Å². The van der Waals surface area contributed by atoms with Crippen LogP contribution in [0.4, 0.5) is 0 Å². The number of carbonyl (C=O) groups is 3. The molecule has 124 valence electrons. The normalized spacial score (nSPS) is 18.4. The molecule has 0 aromatic heterocycles. The maximum atomic E-state index is 12.1. The van der Waals surface area contributed by atoms with E-state index in [2.05, 4.69) is 17.2 Å². The molecule has 0 spiro atoms. The van der Waals surface area contributed by atoms with Crippen molar-refractivity contribution in [3.8, 4) is 0 Å². The molecule has 1 aliphatic rings. The van der Waals surface area contributed by atoms with Crippen molar-refractivity contribution >= 4 is 17.8 Å². The highest BCUT2D eigenvalue weighted by Crippen LogP contribution is 2.11. The van der Waals surface area contributed by atoms with E-state index in [0.717, 1.165) is 32.1 Å². The minimum Gasteiger partial charge on any atom is -0.467 e. The lowest BCUT2D eigenvalue weighted by atomic mass is 10.1. The van der Waals surface area contributed by atoms with E-state index in [4.69, 9.17) is 4.74 Å². The van der Waals surface area contributed by atoms with Crippen LogP contribution >= 0.6 is 0 Å². The predicted molar refractivity (Wildman–Crippen MR) is 83.0 cm³/mol. The lowest BCUT2D eigenvalue weighted by Gasteiger charge is -2.18. The molecule has 0 aliphatic carbocycles. The van der Waals surface area contributed by atoms with Crippen molar-refractivity contribution in [3.05, 3.63) is 12.7 Å². The summed E-state index contributed by atoms with van der Waals surface area (Å²) in [5, 5.41) is 5.28. The zero-order valence-corrected chi connectivity index (χ0v) is 13.2. The maximum absolute atomic E-state index is 12.1. The third-order valence-corrected chi connectivity index (χ3v) is 3.77. The summed E-state index contributed by atoms with van der Waals surface area (Å²) in [7, 11) is 1.31. The van der Waals surface area contributed by atoms with E-state index in [0.29, 0.717) is 19.3 Å². The predicted octanol–water partition coefficient (Wildman–Crippen LogP) is 1.45. The van der Waals surface area contributed by atoms with Crippen LogP contribution in [0, 0.1) is 0 Å². The van der Waals surface area contributed by atoms with Gasteiger partial charge in [-0.25, -0.2) is 4.79 Å². The first-order chi connectivity index (χ1) is 10.6. The molecule has 2 N–H and O–H groups in total. The Balaban J connectivity index is 2.36. The minimum atomic E-state index is -0.644. The Morgan fingerprint density at radius 1 is 1.41 bits per heavy atom. The molecule has 1 aliphatic heterocycles. The van der Waals surface area contributed by atoms with E-state index in [1.54, 1.807) is 0 Å². The summed E-state index contributed by atoms with van der Waals surface area (Å²) in [6.45, 7) is 3.68. The lowest BCUT2D eigenvalue weighted by molar-refractivity contribution is -0.145. The van der Waals surface area contributed by atoms with Gasteiger partial charge in [0.05, 0.1) is 7.11 Å². The van der Waals surface area contributed by atoms with Gasteiger partial charge in [0.1, 0.15) is 12.1 Å². The molecule has 22 heavy (non-hydrogen) atoms. The first-order valence-electron chi connectivity index (χ1n) is 7.87. The van der Waals surface area contributed by atoms with Crippen molar-refractivity contribution in [2.45, 2.75) is 63.5 Å². The first-order valence-corrected chi connectivity index (χ1v) is 7.87. The monoisotopic (exact) mass is 310 g/mol. The maximum Gasteiger partial charge on any atom is 0.328 e. The van der Waals surface area contributed by atoms with Crippen molar-refractivity contribution in [1.82, 2.24) is 10.6 Å². The van der Waals surface area contributed by atoms with Crippen LogP contribution in [-0.2, 0) is 19.1 Å². The smallest absolute Gasteiger partial charge is 0.328 e. The second-order valence-electron chi connectivity index (χ2n) is 5.52. The van der Waals surface area contributed by atoms with Gasteiger partial charge in [0, 0.05) is 6.42 Å². The Kier molecular flexibility index (Phi) is 8.25. The van der Waals surface area contributed by atoms with Gasteiger partial charge in [-0.05, 0) is 25.7 Å². The Labute approximate surface area is 131 Å². The highest BCUT2D eigenvalue weighted by molar-refractivity contribution is 5.93. The van der Waals surface area contributed by atoms with E-state index in [-0.39, 0.29) is 11.8 Å². The van der Waals surface area contributed by atoms with Crippen LogP contribution in [0.15, 0.2) is 12.7 Å². The number of hydrogen-bond acceptors (Lipinski definition) is 4. The second-order valence-corrected chi connectivity index (χ2v) is 5.52. The summed E-state index contributed by atoms with van der Waals surface area (Å²) in [6.07, 6.45) is 8.27. The molecule has 6 nitrogen and oxygen atoms in total. The standard InChI is InChI=1S/C16H26N2O4/c1-3-4-5-6-7-8-9-13(16(21)22-2)18-15(20)12-10-11-14(19)17-12/h3,12-13H,1,4-11H2,2H3,(H,17,19)(H,18,20)/t12-,13-/m1/s1. The van der Waals surface area contributed by atoms with Crippen molar-refractivity contribution in [2.24, 2.45) is 0 Å². The van der Waals surface area contributed by atoms with E-state index in [1.165, 1.54) is 7.11 Å². The van der Waals surface area contributed by atoms with Crippen LogP contribution in [0.25, 0.3) is 0 Å². The van der Waals surface area contributed by atoms with Crippen molar-refractivity contribution in [2.75, 3.05) is 7.11 Å². The number of carbonyl (C=O) groups excluding carboxylic acids is 3. The molecular weight excluding hydrogens is 284 g/mol. The number of amides is 2. The molecule has 1 heterocycles. The van der Waals surface area contributed by atoms with Crippen LogP contribution in [0.1, 0.15) is 51.4 Å². The third kappa shape index (κ3) is 6.28. The molecule has 2 amide bonds. The highest BCUT2D eigenvalue weighted by Gasteiger charge is 2.30. The van der Waals surface area contributed by atoms with Crippen LogP contribution in [-0.4, -0.2) is 37.0 Å². The summed E-state index contributed by atoms with van der Waals surface area (Å²) in [4.78, 5) is 34.9. The van der Waals surface area contributed by atoms with Crippen LogP contribution in [0.3, 0.4) is 0 Å². The first kappa shape index (κ1) is 18.2. The molecule has 2 atom stereocenters. The Morgan fingerprint density at radius 3 is 2.73 bits per heavy atom. The SMILES string of the molecule is C=CCCCCCC[C@@H](NC(=O)[C@H]1CCC(=O)N1)C(=O)OC. The summed E-state index contributed by atoms with van der Waals surface area (Å²) in [5.41, 5.74) is 0. The van der Waals surface area contributed by atoms with Gasteiger partial charge in [-0.15, -0.1) is 6.58 Å². The second kappa shape index (κ2) is 9.97. The molecule has 0 unspecified atom stereocenters. The van der Waals surface area contributed by atoms with E-state index in [1.807, 2.05) is 6.08 Å². The zero-order chi connectivity index (χ0) is 16.4. The molecular formula is C16H26N2O4. The topological polar surface area (TPSA) is 84.5 Å². The van der Waals surface area contributed by atoms with Crippen molar-refractivity contribution in [3.63, 3.8) is 0 Å². The molecule has 0 bridgehead atoms. The van der Waals surface area contributed by atoms with E-state index in [9.17, 15) is 14.4 Å². The zero-order valence-electron chi connectivity index (χ0n) is 13.2. The molecule has 1 rings (SSSR count). The lowest BCUT2D eigenvalue weighted by Crippen LogP contribution is -2.49. The van der Waals surface area contributed by atoms with Crippen molar-refractivity contribution < 1.29 is 19.1 Å². The van der Waals surface area contributed by atoms with Gasteiger partial charge in [-0.2, -0.15) is 0 Å². The average Bonchev–Trinajstić information content (AvgIpc) is 2.95. The number of nitrogens with one attached hydrogen (secondary N) is 2. The summed E-state index contributed by atoms with van der Waals surface area (Å²) < 4.78 is 4.74. The van der Waals surface area contributed by atoms with Crippen molar-refractivity contribution in [1.29, 1.82) is 0 Å². The number of allylic oxidation sites excluding steroid dienone is 1. The number of methoxy groups -OCH3 is 1. The third-order valence-electron chi connectivity index (χ3n) is 3.77. The molecule has 1 saturated heterocycles. The number of esters is 1. The Morgan fingerprint density at radius 2 is 2.14 bits per heavy atom. The van der Waals surface area contributed by atoms with Gasteiger partial charge in [-0.3, -0.25) is 9.59 Å². The summed E-state index contributed by atoms with van der Waals surface area (Å²) >= 11 is 0. The fourth-order valence-electron chi connectivity index (χ4n) is 2.46. The quantitative estimate of drug-likeness (QED) is 0.363. The summed E-state index contributed by atoms with van der Waals surface area (Å²) in [6, 6.07) is -1.18.